The Morgan fingerprint density at radius 1 is 0.943 bits per heavy atom. The lowest BCUT2D eigenvalue weighted by Crippen LogP contribution is -2.31. The van der Waals surface area contributed by atoms with Crippen molar-refractivity contribution in [3.8, 4) is 0 Å². The molecule has 5 rings (SSSR count). The number of sulfonamides is 1. The van der Waals surface area contributed by atoms with Gasteiger partial charge >= 0.3 is 0 Å². The molecule has 0 spiro atoms. The minimum Gasteiger partial charge on any atom is -0.327 e. The molecule has 2 aromatic carbocycles. The van der Waals surface area contributed by atoms with Gasteiger partial charge in [0.2, 0.25) is 10.0 Å². The summed E-state index contributed by atoms with van der Waals surface area (Å²) >= 11 is 2.26. The van der Waals surface area contributed by atoms with Gasteiger partial charge in [-0.05, 0) is 77.4 Å². The number of halogens is 1. The Morgan fingerprint density at radius 2 is 1.66 bits per heavy atom. The van der Waals surface area contributed by atoms with Crippen LogP contribution in [0.25, 0.3) is 0 Å². The molecule has 0 radical (unpaired) electrons. The number of hydrogen-bond acceptors (Lipinski definition) is 4. The molecule has 9 heteroatoms. The number of hydrogen-bond donors (Lipinski definition) is 0. The van der Waals surface area contributed by atoms with E-state index in [0.29, 0.717) is 36.9 Å². The molecule has 35 heavy (non-hydrogen) atoms. The maximum Gasteiger partial charge on any atom is 0.279 e. The van der Waals surface area contributed by atoms with E-state index in [1.807, 2.05) is 47.5 Å². The van der Waals surface area contributed by atoms with Gasteiger partial charge < -0.3 is 4.90 Å². The topological polar surface area (TPSA) is 82.4 Å². The largest absolute Gasteiger partial charge is 0.327 e. The third-order valence-electron chi connectivity index (χ3n) is 6.30. The van der Waals surface area contributed by atoms with Gasteiger partial charge in [-0.25, -0.2) is 13.4 Å². The van der Waals surface area contributed by atoms with Gasteiger partial charge in [-0.15, -0.1) is 0 Å². The third-order valence-corrected chi connectivity index (χ3v) is 8.85. The molecule has 0 unspecified atom stereocenters. The van der Waals surface area contributed by atoms with Crippen molar-refractivity contribution in [2.75, 3.05) is 13.1 Å². The fourth-order valence-corrected chi connectivity index (χ4v) is 6.44. The van der Waals surface area contributed by atoms with E-state index in [0.717, 1.165) is 40.4 Å². The summed E-state index contributed by atoms with van der Waals surface area (Å²) in [4.78, 5) is 24.4. The van der Waals surface area contributed by atoms with E-state index in [2.05, 4.69) is 27.6 Å². The summed E-state index contributed by atoms with van der Waals surface area (Å²) in [5, 5.41) is 0. The molecular formula is C26H25IN4O3S. The molecule has 3 aliphatic rings. The Labute approximate surface area is 219 Å². The second kappa shape index (κ2) is 10.2. The van der Waals surface area contributed by atoms with Crippen LogP contribution in [0.15, 0.2) is 85.3 Å². The number of carbonyl (C=O) groups is 1. The van der Waals surface area contributed by atoms with E-state index in [1.54, 1.807) is 4.31 Å². The Bertz CT molecular complexity index is 1370. The van der Waals surface area contributed by atoms with Crippen molar-refractivity contribution in [2.45, 2.75) is 37.1 Å². The highest BCUT2D eigenvalue weighted by Crippen LogP contribution is 2.25. The standard InChI is InChI=1S/C26H25IN4O3S/c27-21-11-14-24-28-25(23-8-4-3-7-20(23)17-30(24)18-21)29-26(32)19-9-12-22(13-10-19)35(33,34)31-15-5-1-2-6-16-31/h3-4,7-14,18H,1-2,5-6,15-17H2. The molecule has 0 aliphatic carbocycles. The maximum atomic E-state index is 13.1. The number of benzene rings is 2. The van der Waals surface area contributed by atoms with E-state index in [4.69, 9.17) is 4.99 Å². The lowest BCUT2D eigenvalue weighted by Gasteiger charge is -2.21. The first-order valence-electron chi connectivity index (χ1n) is 11.6. The van der Waals surface area contributed by atoms with Gasteiger partial charge in [-0.1, -0.05) is 37.1 Å². The van der Waals surface area contributed by atoms with Crippen molar-refractivity contribution >= 4 is 50.2 Å². The number of nitrogens with zero attached hydrogens (tertiary/aromatic N) is 4. The summed E-state index contributed by atoms with van der Waals surface area (Å²) in [6.07, 6.45) is 9.75. The lowest BCUT2D eigenvalue weighted by atomic mass is 10.1. The highest BCUT2D eigenvalue weighted by atomic mass is 127. The van der Waals surface area contributed by atoms with Gasteiger partial charge in [0.15, 0.2) is 5.84 Å². The Balaban J connectivity index is 1.44. The quantitative estimate of drug-likeness (QED) is 0.470. The number of aliphatic imine (C=N–C) groups is 2. The van der Waals surface area contributed by atoms with Crippen molar-refractivity contribution in [3.05, 3.63) is 87.2 Å². The predicted octanol–water partition coefficient (Wildman–Crippen LogP) is 4.90. The molecule has 3 aliphatic heterocycles. The first kappa shape index (κ1) is 24.1. The molecule has 180 valence electrons. The fourth-order valence-electron chi connectivity index (χ4n) is 4.41. The first-order chi connectivity index (χ1) is 16.9. The third kappa shape index (κ3) is 5.17. The molecule has 0 aromatic heterocycles. The van der Waals surface area contributed by atoms with Gasteiger partial charge in [0.05, 0.1) is 4.90 Å². The van der Waals surface area contributed by atoms with Crippen molar-refractivity contribution < 1.29 is 13.2 Å². The molecule has 0 bridgehead atoms. The van der Waals surface area contributed by atoms with Gasteiger partial charge in [-0.2, -0.15) is 9.30 Å². The minimum absolute atomic E-state index is 0.202. The monoisotopic (exact) mass is 600 g/mol. The van der Waals surface area contributed by atoms with Crippen molar-refractivity contribution in [3.63, 3.8) is 0 Å². The van der Waals surface area contributed by atoms with Crippen LogP contribution in [0, 0.1) is 0 Å². The summed E-state index contributed by atoms with van der Waals surface area (Å²) in [6, 6.07) is 13.9. The molecule has 7 nitrogen and oxygen atoms in total. The summed E-state index contributed by atoms with van der Waals surface area (Å²) in [5.74, 6) is 0.600. The highest BCUT2D eigenvalue weighted by molar-refractivity contribution is 14.1. The van der Waals surface area contributed by atoms with E-state index in [1.165, 1.54) is 24.3 Å². The number of fused-ring (bicyclic) bond motifs is 2. The molecule has 2 aromatic rings. The number of amides is 1. The molecule has 0 saturated carbocycles. The zero-order valence-electron chi connectivity index (χ0n) is 19.1. The summed E-state index contributed by atoms with van der Waals surface area (Å²) in [7, 11) is -3.57. The average Bonchev–Trinajstić information content (AvgIpc) is 3.22. The zero-order valence-corrected chi connectivity index (χ0v) is 22.1. The minimum atomic E-state index is -3.57. The van der Waals surface area contributed by atoms with Crippen LogP contribution in [-0.4, -0.2) is 48.3 Å². The predicted molar refractivity (Wildman–Crippen MR) is 145 cm³/mol. The fraction of sp³-hybridized carbons (Fsp3) is 0.269. The maximum absolute atomic E-state index is 13.1. The second-order valence-electron chi connectivity index (χ2n) is 8.69. The average molecular weight is 600 g/mol. The SMILES string of the molecule is O=C(N=C1N=C2C=CC(I)=CN2Cc2ccccc21)c1ccc(S(=O)(=O)N2CCCCCC2)cc1. The summed E-state index contributed by atoms with van der Waals surface area (Å²) in [5.41, 5.74) is 2.15. The number of amidine groups is 2. The van der Waals surface area contributed by atoms with E-state index < -0.39 is 15.9 Å². The first-order valence-corrected chi connectivity index (χ1v) is 14.2. The Kier molecular flexibility index (Phi) is 6.99. The molecular weight excluding hydrogens is 575 g/mol. The van der Waals surface area contributed by atoms with E-state index in [9.17, 15) is 13.2 Å². The molecule has 1 fully saturated rings. The summed E-state index contributed by atoms with van der Waals surface area (Å²) < 4.78 is 28.7. The van der Waals surface area contributed by atoms with Crippen LogP contribution < -0.4 is 0 Å². The highest BCUT2D eigenvalue weighted by Gasteiger charge is 2.26. The number of carbonyl (C=O) groups excluding carboxylic acids is 1. The van der Waals surface area contributed by atoms with Crippen LogP contribution in [-0.2, 0) is 16.6 Å². The van der Waals surface area contributed by atoms with Crippen LogP contribution in [0.1, 0.15) is 47.2 Å². The normalized spacial score (nSPS) is 19.8. The van der Waals surface area contributed by atoms with Crippen molar-refractivity contribution in [2.24, 2.45) is 9.98 Å². The second-order valence-corrected chi connectivity index (χ2v) is 11.9. The smallest absolute Gasteiger partial charge is 0.279 e. The Morgan fingerprint density at radius 3 is 2.40 bits per heavy atom. The zero-order chi connectivity index (χ0) is 24.4. The molecule has 0 atom stereocenters. The van der Waals surface area contributed by atoms with Gasteiger partial charge in [0.1, 0.15) is 5.84 Å². The molecule has 3 heterocycles. The van der Waals surface area contributed by atoms with Crippen molar-refractivity contribution in [1.82, 2.24) is 9.21 Å². The Hall–Kier alpha value is -2.63. The van der Waals surface area contributed by atoms with Gasteiger partial charge in [-0.3, -0.25) is 4.79 Å². The van der Waals surface area contributed by atoms with E-state index >= 15 is 0 Å². The van der Waals surface area contributed by atoms with Gasteiger partial charge in [0.25, 0.3) is 5.91 Å². The van der Waals surface area contributed by atoms with Crippen molar-refractivity contribution in [1.29, 1.82) is 0 Å². The van der Waals surface area contributed by atoms with Crippen LogP contribution in [0.2, 0.25) is 0 Å². The van der Waals surface area contributed by atoms with Crippen LogP contribution in [0.3, 0.4) is 0 Å². The summed E-state index contributed by atoms with van der Waals surface area (Å²) in [6.45, 7) is 1.70. The lowest BCUT2D eigenvalue weighted by molar-refractivity contribution is 0.100. The van der Waals surface area contributed by atoms with Crippen LogP contribution in [0.4, 0.5) is 0 Å². The van der Waals surface area contributed by atoms with Crippen LogP contribution in [0.5, 0.6) is 0 Å². The number of rotatable bonds is 3. The van der Waals surface area contributed by atoms with Crippen LogP contribution >= 0.6 is 22.6 Å². The number of allylic oxidation sites excluding steroid dienone is 2. The van der Waals surface area contributed by atoms with Gasteiger partial charge in [0, 0.05) is 40.5 Å². The molecule has 1 amide bonds. The molecule has 1 saturated heterocycles. The molecule has 0 N–H and O–H groups in total. The van der Waals surface area contributed by atoms with E-state index in [-0.39, 0.29) is 4.90 Å².